The van der Waals surface area contributed by atoms with Gasteiger partial charge in [0.25, 0.3) is 5.91 Å². The van der Waals surface area contributed by atoms with Gasteiger partial charge in [0.2, 0.25) is 0 Å². The molecule has 2 aromatic carbocycles. The van der Waals surface area contributed by atoms with Crippen LogP contribution in [0.25, 0.3) is 0 Å². The number of hydrogen-bond acceptors (Lipinski definition) is 3. The van der Waals surface area contributed by atoms with Gasteiger partial charge in [-0.25, -0.2) is 4.39 Å². The molecule has 4 nitrogen and oxygen atoms in total. The molecule has 0 aliphatic carbocycles. The second kappa shape index (κ2) is 6.36. The molecule has 3 rings (SSSR count). The number of ether oxygens (including phenoxy) is 2. The molecule has 1 N–H and O–H groups in total. The van der Waals surface area contributed by atoms with Crippen molar-refractivity contribution in [3.05, 3.63) is 58.3 Å². The number of carbonyl (C=O) groups is 1. The predicted octanol–water partition coefficient (Wildman–Crippen LogP) is 3.16. The number of hydrogen-bond donors (Lipinski definition) is 1. The fourth-order valence-corrected chi connectivity index (χ4v) is 2.50. The third-order valence-corrected chi connectivity index (χ3v) is 3.72. The molecule has 1 amide bonds. The molecule has 1 unspecified atom stereocenters. The number of fused-ring (bicyclic) bond motifs is 1. The highest BCUT2D eigenvalue weighted by molar-refractivity contribution is 9.10. The number of amides is 1. The van der Waals surface area contributed by atoms with E-state index in [-0.39, 0.29) is 18.2 Å². The van der Waals surface area contributed by atoms with Crippen LogP contribution in [0.3, 0.4) is 0 Å². The van der Waals surface area contributed by atoms with Gasteiger partial charge in [0, 0.05) is 4.47 Å². The summed E-state index contributed by atoms with van der Waals surface area (Å²) in [4.78, 5) is 12.0. The Morgan fingerprint density at radius 3 is 2.86 bits per heavy atom. The third-order valence-electron chi connectivity index (χ3n) is 3.23. The van der Waals surface area contributed by atoms with Gasteiger partial charge < -0.3 is 14.8 Å². The normalized spacial score (nSPS) is 16.2. The Kier molecular flexibility index (Phi) is 4.29. The number of rotatable bonds is 3. The van der Waals surface area contributed by atoms with E-state index in [1.165, 1.54) is 12.1 Å². The van der Waals surface area contributed by atoms with Crippen molar-refractivity contribution in [1.29, 1.82) is 0 Å². The summed E-state index contributed by atoms with van der Waals surface area (Å²) in [6.45, 7) is 0.567. The molecule has 114 valence electrons. The van der Waals surface area contributed by atoms with Crippen LogP contribution in [0.4, 0.5) is 4.39 Å². The van der Waals surface area contributed by atoms with Crippen molar-refractivity contribution in [2.75, 3.05) is 13.2 Å². The van der Waals surface area contributed by atoms with E-state index in [0.29, 0.717) is 22.6 Å². The second-order valence-corrected chi connectivity index (χ2v) is 5.75. The van der Waals surface area contributed by atoms with Gasteiger partial charge in [0.05, 0.1) is 12.1 Å². The van der Waals surface area contributed by atoms with Gasteiger partial charge in [-0.1, -0.05) is 28.1 Å². The van der Waals surface area contributed by atoms with E-state index in [4.69, 9.17) is 9.47 Å². The van der Waals surface area contributed by atoms with Crippen LogP contribution in [-0.2, 0) is 0 Å². The third kappa shape index (κ3) is 3.22. The minimum Gasteiger partial charge on any atom is -0.486 e. The Balaban J connectivity index is 1.61. The van der Waals surface area contributed by atoms with Crippen LogP contribution in [0.15, 0.2) is 46.9 Å². The van der Waals surface area contributed by atoms with E-state index >= 15 is 0 Å². The summed E-state index contributed by atoms with van der Waals surface area (Å²) in [5, 5.41) is 2.66. The topological polar surface area (TPSA) is 47.6 Å². The fraction of sp³-hybridized carbons (Fsp3) is 0.188. The van der Waals surface area contributed by atoms with E-state index in [1.807, 2.05) is 18.2 Å². The van der Waals surface area contributed by atoms with Crippen molar-refractivity contribution in [2.45, 2.75) is 6.10 Å². The lowest BCUT2D eigenvalue weighted by atomic mass is 10.2. The van der Waals surface area contributed by atoms with Gasteiger partial charge in [0.1, 0.15) is 18.5 Å². The Hall–Kier alpha value is -2.08. The zero-order valence-electron chi connectivity index (χ0n) is 11.5. The van der Waals surface area contributed by atoms with Gasteiger partial charge >= 0.3 is 0 Å². The average Bonchev–Trinajstić information content (AvgIpc) is 2.54. The van der Waals surface area contributed by atoms with Crippen molar-refractivity contribution in [1.82, 2.24) is 5.32 Å². The Morgan fingerprint density at radius 1 is 1.27 bits per heavy atom. The van der Waals surface area contributed by atoms with Gasteiger partial charge in [0.15, 0.2) is 11.5 Å². The largest absolute Gasteiger partial charge is 0.486 e. The summed E-state index contributed by atoms with van der Waals surface area (Å²) < 4.78 is 25.6. The van der Waals surface area contributed by atoms with Crippen LogP contribution in [0.1, 0.15) is 10.4 Å². The first-order valence-electron chi connectivity index (χ1n) is 6.75. The number of halogens is 2. The summed E-state index contributed by atoms with van der Waals surface area (Å²) in [6, 6.07) is 11.6. The van der Waals surface area contributed by atoms with Crippen LogP contribution in [0.2, 0.25) is 0 Å². The molecule has 0 aromatic heterocycles. The number of para-hydroxylation sites is 2. The maximum absolute atomic E-state index is 13.6. The Bertz CT molecular complexity index is 708. The first kappa shape index (κ1) is 14.8. The van der Waals surface area contributed by atoms with Crippen LogP contribution >= 0.6 is 15.9 Å². The van der Waals surface area contributed by atoms with E-state index in [1.54, 1.807) is 12.1 Å². The molecular weight excluding hydrogens is 353 g/mol. The molecule has 0 spiro atoms. The zero-order valence-corrected chi connectivity index (χ0v) is 13.1. The molecular formula is C16H13BrFNO3. The smallest absolute Gasteiger partial charge is 0.254 e. The van der Waals surface area contributed by atoms with Crippen molar-refractivity contribution in [3.63, 3.8) is 0 Å². The molecule has 0 radical (unpaired) electrons. The van der Waals surface area contributed by atoms with Crippen LogP contribution in [-0.4, -0.2) is 25.2 Å². The fourth-order valence-electron chi connectivity index (χ4n) is 2.14. The highest BCUT2D eigenvalue weighted by Gasteiger charge is 2.22. The summed E-state index contributed by atoms with van der Waals surface area (Å²) in [6.07, 6.45) is -0.311. The number of benzene rings is 2. The molecule has 1 aliphatic rings. The molecule has 0 saturated heterocycles. The molecule has 22 heavy (non-hydrogen) atoms. The Morgan fingerprint density at radius 2 is 2.05 bits per heavy atom. The average molecular weight is 366 g/mol. The summed E-state index contributed by atoms with van der Waals surface area (Å²) >= 11 is 3.22. The molecule has 0 fully saturated rings. The van der Waals surface area contributed by atoms with Gasteiger partial charge in [-0.2, -0.15) is 0 Å². The molecule has 0 bridgehead atoms. The lowest BCUT2D eigenvalue weighted by Gasteiger charge is -2.26. The number of carbonyl (C=O) groups excluding carboxylic acids is 1. The van der Waals surface area contributed by atoms with Crippen molar-refractivity contribution >= 4 is 21.8 Å². The van der Waals surface area contributed by atoms with Crippen molar-refractivity contribution < 1.29 is 18.7 Å². The molecule has 6 heteroatoms. The first-order valence-corrected chi connectivity index (χ1v) is 7.54. The highest BCUT2D eigenvalue weighted by atomic mass is 79.9. The summed E-state index contributed by atoms with van der Waals surface area (Å²) in [5.74, 6) is 0.276. The van der Waals surface area contributed by atoms with Crippen LogP contribution in [0, 0.1) is 5.82 Å². The van der Waals surface area contributed by atoms with Crippen molar-refractivity contribution in [3.8, 4) is 11.5 Å². The van der Waals surface area contributed by atoms with Gasteiger partial charge in [-0.05, 0) is 30.3 Å². The number of nitrogens with one attached hydrogen (secondary N) is 1. The van der Waals surface area contributed by atoms with E-state index in [2.05, 4.69) is 21.2 Å². The summed E-state index contributed by atoms with van der Waals surface area (Å²) in [5.41, 5.74) is -0.00787. The summed E-state index contributed by atoms with van der Waals surface area (Å²) in [7, 11) is 0. The molecule has 2 aromatic rings. The minimum absolute atomic E-state index is 0.00787. The van der Waals surface area contributed by atoms with Crippen LogP contribution < -0.4 is 14.8 Å². The highest BCUT2D eigenvalue weighted by Crippen LogP contribution is 2.30. The quantitative estimate of drug-likeness (QED) is 0.908. The zero-order chi connectivity index (χ0) is 15.5. The lowest BCUT2D eigenvalue weighted by molar-refractivity contribution is 0.0787. The molecule has 1 aliphatic heterocycles. The Labute approximate surface area is 135 Å². The molecule has 1 heterocycles. The van der Waals surface area contributed by atoms with E-state index in [9.17, 15) is 9.18 Å². The SMILES string of the molecule is O=C(NCC1COc2ccccc2O1)c1cc(Br)ccc1F. The van der Waals surface area contributed by atoms with E-state index < -0.39 is 11.7 Å². The second-order valence-electron chi connectivity index (χ2n) is 4.83. The molecule has 0 saturated carbocycles. The first-order chi connectivity index (χ1) is 10.6. The van der Waals surface area contributed by atoms with Crippen molar-refractivity contribution in [2.24, 2.45) is 0 Å². The lowest BCUT2D eigenvalue weighted by Crippen LogP contribution is -2.40. The van der Waals surface area contributed by atoms with Crippen LogP contribution in [0.5, 0.6) is 11.5 Å². The molecule has 1 atom stereocenters. The van der Waals surface area contributed by atoms with E-state index in [0.717, 1.165) is 0 Å². The van der Waals surface area contributed by atoms with Gasteiger partial charge in [-0.15, -0.1) is 0 Å². The maximum Gasteiger partial charge on any atom is 0.254 e. The maximum atomic E-state index is 13.6. The standard InChI is InChI=1S/C16H13BrFNO3/c17-10-5-6-13(18)12(7-10)16(20)19-8-11-9-21-14-3-1-2-4-15(14)22-11/h1-7,11H,8-9H2,(H,19,20). The van der Waals surface area contributed by atoms with Gasteiger partial charge in [-0.3, -0.25) is 4.79 Å². The monoisotopic (exact) mass is 365 g/mol. The predicted molar refractivity (Wildman–Crippen MR) is 82.8 cm³/mol. The minimum atomic E-state index is -0.563.